The van der Waals surface area contributed by atoms with E-state index in [1.165, 1.54) is 30.7 Å². The molecule has 5 rings (SSSR count). The summed E-state index contributed by atoms with van der Waals surface area (Å²) in [5, 5.41) is 9.60. The number of halogens is 1. The number of benzene rings is 1. The molecule has 2 atom stereocenters. The Morgan fingerprint density at radius 1 is 1.09 bits per heavy atom. The third-order valence-electron chi connectivity index (χ3n) is 7.78. The van der Waals surface area contributed by atoms with E-state index in [-0.39, 0.29) is 28.6 Å². The van der Waals surface area contributed by atoms with Crippen LogP contribution in [0.2, 0.25) is 0 Å². The topological polar surface area (TPSA) is 51.0 Å². The largest absolute Gasteiger partial charge is 0.338 e. The van der Waals surface area contributed by atoms with Crippen LogP contribution < -0.4 is 0 Å². The molecule has 5 nitrogen and oxygen atoms in total. The molecule has 0 spiro atoms. The van der Waals surface area contributed by atoms with E-state index in [2.05, 4.69) is 40.4 Å². The van der Waals surface area contributed by atoms with E-state index in [0.717, 1.165) is 50.2 Å². The van der Waals surface area contributed by atoms with Crippen LogP contribution in [-0.2, 0) is 4.79 Å². The Balaban J connectivity index is 1.37. The van der Waals surface area contributed by atoms with Crippen molar-refractivity contribution in [3.8, 4) is 11.4 Å². The van der Waals surface area contributed by atoms with Gasteiger partial charge in [-0.3, -0.25) is 9.36 Å². The number of hydrogen-bond donors (Lipinski definition) is 0. The molecule has 1 amide bonds. The Morgan fingerprint density at radius 2 is 1.85 bits per heavy atom. The molecule has 3 aliphatic rings. The highest BCUT2D eigenvalue weighted by Gasteiger charge is 2.50. The van der Waals surface area contributed by atoms with E-state index in [1.807, 2.05) is 6.07 Å². The summed E-state index contributed by atoms with van der Waals surface area (Å²) in [7, 11) is 0. The minimum Gasteiger partial charge on any atom is -0.338 e. The second-order valence-corrected chi connectivity index (χ2v) is 12.4. The molecule has 1 aromatic carbocycles. The standard InChI is InChI=1S/C26H35FN4OS/c1-25(2)13-19-14-26(3,16-25)17-30(19)22(32)15-33-24-29-28-23(20-11-7-8-12-21(20)27)31(24)18-9-5-4-6-10-18/h7-8,11-12,18-19H,4-6,9-10,13-17H2,1-3H3/t19-,26-/m0/s1. The maximum atomic E-state index is 14.6. The Morgan fingerprint density at radius 3 is 2.61 bits per heavy atom. The van der Waals surface area contributed by atoms with Crippen molar-refractivity contribution in [1.29, 1.82) is 0 Å². The van der Waals surface area contributed by atoms with E-state index in [1.54, 1.807) is 12.1 Å². The lowest BCUT2D eigenvalue weighted by atomic mass is 9.65. The van der Waals surface area contributed by atoms with Crippen molar-refractivity contribution in [2.45, 2.75) is 89.4 Å². The van der Waals surface area contributed by atoms with Gasteiger partial charge < -0.3 is 4.90 Å². The van der Waals surface area contributed by atoms with Gasteiger partial charge in [0, 0.05) is 18.6 Å². The number of amides is 1. The van der Waals surface area contributed by atoms with Crippen molar-refractivity contribution in [3.05, 3.63) is 30.1 Å². The van der Waals surface area contributed by atoms with Gasteiger partial charge in [0.2, 0.25) is 5.91 Å². The molecule has 2 aliphatic carbocycles. The van der Waals surface area contributed by atoms with Crippen molar-refractivity contribution in [1.82, 2.24) is 19.7 Å². The van der Waals surface area contributed by atoms with Crippen molar-refractivity contribution < 1.29 is 9.18 Å². The number of likely N-dealkylation sites (tertiary alicyclic amines) is 1. The molecule has 1 saturated heterocycles. The van der Waals surface area contributed by atoms with Crippen LogP contribution in [-0.4, -0.2) is 43.9 Å². The molecule has 33 heavy (non-hydrogen) atoms. The highest BCUT2D eigenvalue weighted by atomic mass is 32.2. The van der Waals surface area contributed by atoms with Crippen LogP contribution in [0.5, 0.6) is 0 Å². The second kappa shape index (κ2) is 8.71. The van der Waals surface area contributed by atoms with Gasteiger partial charge in [-0.1, -0.05) is 63.9 Å². The minimum atomic E-state index is -0.283. The van der Waals surface area contributed by atoms with Gasteiger partial charge in [0.05, 0.1) is 11.3 Å². The summed E-state index contributed by atoms with van der Waals surface area (Å²) in [5.41, 5.74) is 1.000. The maximum absolute atomic E-state index is 14.6. The molecule has 178 valence electrons. The average Bonchev–Trinajstić information content (AvgIpc) is 3.30. The first-order valence-electron chi connectivity index (χ1n) is 12.4. The summed E-state index contributed by atoms with van der Waals surface area (Å²) in [5.74, 6) is 0.850. The fourth-order valence-electron chi connectivity index (χ4n) is 6.83. The SMILES string of the molecule is CC1(C)C[C@H]2C[C@](C)(CN2C(=O)CSc2nnc(-c3ccccc3F)n2C2CCCCC2)C1. The Labute approximate surface area is 200 Å². The van der Waals surface area contributed by atoms with Crippen molar-refractivity contribution in [2.75, 3.05) is 12.3 Å². The van der Waals surface area contributed by atoms with Crippen LogP contribution in [0.3, 0.4) is 0 Å². The van der Waals surface area contributed by atoms with E-state index in [4.69, 9.17) is 0 Å². The molecule has 2 saturated carbocycles. The monoisotopic (exact) mass is 470 g/mol. The zero-order valence-electron chi connectivity index (χ0n) is 20.0. The quantitative estimate of drug-likeness (QED) is 0.495. The van der Waals surface area contributed by atoms with Gasteiger partial charge in [-0.25, -0.2) is 4.39 Å². The Bertz CT molecular complexity index is 1030. The van der Waals surface area contributed by atoms with E-state index in [9.17, 15) is 9.18 Å². The Kier molecular flexibility index (Phi) is 6.04. The molecule has 0 unspecified atom stereocenters. The van der Waals surface area contributed by atoms with Gasteiger partial charge in [-0.2, -0.15) is 0 Å². The minimum absolute atomic E-state index is 0.192. The van der Waals surface area contributed by atoms with E-state index >= 15 is 0 Å². The fraction of sp³-hybridized carbons (Fsp3) is 0.654. The molecule has 1 aliphatic heterocycles. The molecule has 0 N–H and O–H groups in total. The summed E-state index contributed by atoms with van der Waals surface area (Å²) in [6.45, 7) is 7.85. The van der Waals surface area contributed by atoms with E-state index < -0.39 is 0 Å². The molecule has 2 heterocycles. The van der Waals surface area contributed by atoms with Gasteiger partial charge in [0.1, 0.15) is 5.82 Å². The molecule has 0 radical (unpaired) electrons. The summed E-state index contributed by atoms with van der Waals surface area (Å²) in [6.07, 6.45) is 9.01. The highest BCUT2D eigenvalue weighted by Crippen LogP contribution is 2.52. The number of fused-ring (bicyclic) bond motifs is 2. The fourth-order valence-corrected chi connectivity index (χ4v) is 7.72. The first kappa shape index (κ1) is 22.9. The van der Waals surface area contributed by atoms with Gasteiger partial charge >= 0.3 is 0 Å². The van der Waals surface area contributed by atoms with Crippen LogP contribution in [0.4, 0.5) is 4.39 Å². The molecule has 2 bridgehead atoms. The summed E-state index contributed by atoms with van der Waals surface area (Å²) >= 11 is 1.47. The van der Waals surface area contributed by atoms with Gasteiger partial charge in [0.15, 0.2) is 11.0 Å². The number of nitrogens with zero attached hydrogens (tertiary/aromatic N) is 4. The summed E-state index contributed by atoms with van der Waals surface area (Å²) in [6, 6.07) is 7.37. The van der Waals surface area contributed by atoms with Crippen LogP contribution in [0, 0.1) is 16.6 Å². The molecular weight excluding hydrogens is 435 g/mol. The lowest BCUT2D eigenvalue weighted by Crippen LogP contribution is -2.38. The predicted octanol–water partition coefficient (Wildman–Crippen LogP) is 6.11. The molecule has 1 aromatic heterocycles. The number of rotatable bonds is 5. The lowest BCUT2D eigenvalue weighted by molar-refractivity contribution is -0.129. The first-order chi connectivity index (χ1) is 15.7. The zero-order valence-corrected chi connectivity index (χ0v) is 20.8. The first-order valence-corrected chi connectivity index (χ1v) is 13.4. The van der Waals surface area contributed by atoms with Crippen molar-refractivity contribution >= 4 is 17.7 Å². The lowest BCUT2D eigenvalue weighted by Gasteiger charge is -2.39. The van der Waals surface area contributed by atoms with Crippen LogP contribution in [0.15, 0.2) is 29.4 Å². The average molecular weight is 471 g/mol. The normalized spacial score (nSPS) is 27.2. The van der Waals surface area contributed by atoms with Gasteiger partial charge in [-0.15, -0.1) is 10.2 Å². The van der Waals surface area contributed by atoms with Crippen molar-refractivity contribution in [2.24, 2.45) is 10.8 Å². The van der Waals surface area contributed by atoms with Crippen LogP contribution in [0.25, 0.3) is 11.4 Å². The van der Waals surface area contributed by atoms with Gasteiger partial charge in [-0.05, 0) is 55.1 Å². The van der Waals surface area contributed by atoms with Crippen LogP contribution in [0.1, 0.15) is 78.2 Å². The number of hydrogen-bond acceptors (Lipinski definition) is 4. The van der Waals surface area contributed by atoms with Crippen LogP contribution >= 0.6 is 11.8 Å². The second-order valence-electron chi connectivity index (χ2n) is 11.5. The summed E-state index contributed by atoms with van der Waals surface area (Å²) < 4.78 is 16.7. The smallest absolute Gasteiger partial charge is 0.233 e. The highest BCUT2D eigenvalue weighted by molar-refractivity contribution is 7.99. The number of aromatic nitrogens is 3. The maximum Gasteiger partial charge on any atom is 0.233 e. The summed E-state index contributed by atoms with van der Waals surface area (Å²) in [4.78, 5) is 15.4. The Hall–Kier alpha value is -1.89. The number of thioether (sulfide) groups is 1. The number of carbonyl (C=O) groups excluding carboxylic acids is 1. The molecule has 2 aromatic rings. The van der Waals surface area contributed by atoms with Crippen molar-refractivity contribution in [3.63, 3.8) is 0 Å². The third-order valence-corrected chi connectivity index (χ3v) is 8.71. The molecule has 7 heteroatoms. The molecular formula is C26H35FN4OS. The molecule has 3 fully saturated rings. The van der Waals surface area contributed by atoms with Gasteiger partial charge in [0.25, 0.3) is 0 Å². The predicted molar refractivity (Wildman–Crippen MR) is 130 cm³/mol. The number of carbonyl (C=O) groups is 1. The van der Waals surface area contributed by atoms with E-state index in [0.29, 0.717) is 23.2 Å². The zero-order chi connectivity index (χ0) is 23.2. The third kappa shape index (κ3) is 4.58.